The van der Waals surface area contributed by atoms with Crippen molar-refractivity contribution in [3.05, 3.63) is 84.1 Å². The topological polar surface area (TPSA) is 33.5 Å². The van der Waals surface area contributed by atoms with E-state index < -0.39 is 0 Å². The molecule has 0 saturated carbocycles. The summed E-state index contributed by atoms with van der Waals surface area (Å²) in [5, 5.41) is 3.41. The van der Waals surface area contributed by atoms with E-state index in [0.717, 1.165) is 54.3 Å². The fraction of sp³-hybridized carbons (Fsp3) is 0.269. The third-order valence-electron chi connectivity index (χ3n) is 6.22. The normalized spacial score (nSPS) is 15.2. The van der Waals surface area contributed by atoms with Crippen LogP contribution in [0.5, 0.6) is 0 Å². The van der Waals surface area contributed by atoms with E-state index in [9.17, 15) is 4.79 Å². The molecule has 1 aliphatic rings. The molecule has 1 aromatic heterocycles. The Labute approximate surface area is 170 Å². The van der Waals surface area contributed by atoms with Gasteiger partial charge in [-0.1, -0.05) is 60.7 Å². The molecule has 3 nitrogen and oxygen atoms in total. The second kappa shape index (κ2) is 7.75. The van der Waals surface area contributed by atoms with E-state index in [0.29, 0.717) is 12.3 Å². The average Bonchev–Trinajstić information content (AvgIpc) is 3.18. The minimum Gasteiger partial charge on any atom is -0.464 e. The van der Waals surface area contributed by atoms with Crippen molar-refractivity contribution >= 4 is 27.6 Å². The molecule has 1 aliphatic heterocycles. The molecule has 0 spiro atoms. The maximum Gasteiger partial charge on any atom is 0.227 e. The van der Waals surface area contributed by atoms with Gasteiger partial charge in [-0.25, -0.2) is 0 Å². The molecule has 0 atom stereocenters. The number of amides is 1. The summed E-state index contributed by atoms with van der Waals surface area (Å²) >= 11 is 0. The number of nitrogens with zero attached hydrogens (tertiary/aromatic N) is 1. The molecule has 0 bridgehead atoms. The fourth-order valence-electron chi connectivity index (χ4n) is 4.61. The highest BCUT2D eigenvalue weighted by molar-refractivity contribution is 6.08. The van der Waals surface area contributed by atoms with Crippen LogP contribution in [0.4, 0.5) is 0 Å². The Balaban J connectivity index is 1.27. The third-order valence-corrected chi connectivity index (χ3v) is 6.22. The van der Waals surface area contributed by atoms with Crippen LogP contribution in [0.2, 0.25) is 0 Å². The summed E-state index contributed by atoms with van der Waals surface area (Å²) in [5.74, 6) is 0.874. The molecule has 0 radical (unpaired) electrons. The Kier molecular flexibility index (Phi) is 4.81. The van der Waals surface area contributed by atoms with Gasteiger partial charge in [-0.05, 0) is 47.6 Å². The maximum atomic E-state index is 13.0. The summed E-state index contributed by atoms with van der Waals surface area (Å²) in [6.07, 6.45) is 5.44. The van der Waals surface area contributed by atoms with Gasteiger partial charge in [0.2, 0.25) is 5.91 Å². The van der Waals surface area contributed by atoms with Crippen molar-refractivity contribution in [2.45, 2.75) is 25.7 Å². The van der Waals surface area contributed by atoms with Crippen molar-refractivity contribution in [3.8, 4) is 0 Å². The van der Waals surface area contributed by atoms with Crippen molar-refractivity contribution in [1.29, 1.82) is 0 Å². The van der Waals surface area contributed by atoms with Crippen LogP contribution in [0.15, 0.2) is 77.4 Å². The maximum absolute atomic E-state index is 13.0. The number of fused-ring (bicyclic) bond motifs is 3. The van der Waals surface area contributed by atoms with Gasteiger partial charge in [0.05, 0.1) is 12.7 Å². The lowest BCUT2D eigenvalue weighted by atomic mass is 9.90. The average molecular weight is 383 g/mol. The molecule has 1 fully saturated rings. The highest BCUT2D eigenvalue weighted by Gasteiger charge is 2.24. The van der Waals surface area contributed by atoms with Crippen LogP contribution < -0.4 is 0 Å². The second-order valence-corrected chi connectivity index (χ2v) is 8.11. The molecule has 3 heteroatoms. The zero-order chi connectivity index (χ0) is 19.6. The van der Waals surface area contributed by atoms with Crippen LogP contribution in [0.3, 0.4) is 0 Å². The summed E-state index contributed by atoms with van der Waals surface area (Å²) < 4.78 is 5.76. The quantitative estimate of drug-likeness (QED) is 0.459. The zero-order valence-electron chi connectivity index (χ0n) is 16.5. The lowest BCUT2D eigenvalue weighted by Crippen LogP contribution is -2.39. The number of piperidine rings is 1. The largest absolute Gasteiger partial charge is 0.464 e. The smallest absolute Gasteiger partial charge is 0.227 e. The van der Waals surface area contributed by atoms with Crippen LogP contribution in [0.25, 0.3) is 21.7 Å². The molecule has 2 heterocycles. The molecular weight excluding hydrogens is 358 g/mol. The molecule has 0 unspecified atom stereocenters. The predicted molar refractivity (Wildman–Crippen MR) is 117 cm³/mol. The minimum absolute atomic E-state index is 0.207. The molecule has 146 valence electrons. The van der Waals surface area contributed by atoms with E-state index in [-0.39, 0.29) is 5.91 Å². The van der Waals surface area contributed by atoms with E-state index in [2.05, 4.69) is 48.5 Å². The van der Waals surface area contributed by atoms with Crippen LogP contribution in [-0.4, -0.2) is 23.9 Å². The number of carbonyl (C=O) groups excluding carboxylic acids is 1. The monoisotopic (exact) mass is 383 g/mol. The fourth-order valence-corrected chi connectivity index (χ4v) is 4.61. The Morgan fingerprint density at radius 3 is 2.52 bits per heavy atom. The van der Waals surface area contributed by atoms with Gasteiger partial charge >= 0.3 is 0 Å². The Morgan fingerprint density at radius 2 is 1.69 bits per heavy atom. The Hall–Kier alpha value is -3.07. The summed E-state index contributed by atoms with van der Waals surface area (Å²) in [5.41, 5.74) is 3.25. The third kappa shape index (κ3) is 3.65. The van der Waals surface area contributed by atoms with Crippen LogP contribution in [0, 0.1) is 5.92 Å². The SMILES string of the molecule is O=C(Cc1coc2ccc3ccccc3c12)N1CCC(Cc2ccccc2)CC1. The molecule has 4 aromatic rings. The predicted octanol–water partition coefficient (Wildman–Crippen LogP) is 5.61. The van der Waals surface area contributed by atoms with Gasteiger partial charge < -0.3 is 9.32 Å². The lowest BCUT2D eigenvalue weighted by Gasteiger charge is -2.32. The first-order chi connectivity index (χ1) is 14.3. The Morgan fingerprint density at radius 1 is 0.931 bits per heavy atom. The van der Waals surface area contributed by atoms with Gasteiger partial charge in [0, 0.05) is 24.0 Å². The van der Waals surface area contributed by atoms with Crippen molar-refractivity contribution in [2.24, 2.45) is 5.92 Å². The number of furan rings is 1. The molecule has 0 N–H and O–H groups in total. The second-order valence-electron chi connectivity index (χ2n) is 8.11. The number of hydrogen-bond acceptors (Lipinski definition) is 2. The van der Waals surface area contributed by atoms with Crippen molar-refractivity contribution in [1.82, 2.24) is 4.90 Å². The van der Waals surface area contributed by atoms with E-state index in [1.807, 2.05) is 23.1 Å². The van der Waals surface area contributed by atoms with Crippen molar-refractivity contribution in [2.75, 3.05) is 13.1 Å². The number of benzene rings is 3. The minimum atomic E-state index is 0.207. The molecule has 0 aliphatic carbocycles. The highest BCUT2D eigenvalue weighted by atomic mass is 16.3. The van der Waals surface area contributed by atoms with Gasteiger partial charge in [0.25, 0.3) is 0 Å². The number of carbonyl (C=O) groups is 1. The molecule has 29 heavy (non-hydrogen) atoms. The summed E-state index contributed by atoms with van der Waals surface area (Å²) in [4.78, 5) is 15.0. The van der Waals surface area contributed by atoms with E-state index >= 15 is 0 Å². The molecule has 1 saturated heterocycles. The van der Waals surface area contributed by atoms with E-state index in [1.54, 1.807) is 6.26 Å². The van der Waals surface area contributed by atoms with Crippen LogP contribution >= 0.6 is 0 Å². The van der Waals surface area contributed by atoms with Gasteiger partial charge in [-0.3, -0.25) is 4.79 Å². The zero-order valence-corrected chi connectivity index (χ0v) is 16.5. The lowest BCUT2D eigenvalue weighted by molar-refractivity contribution is -0.131. The molecule has 5 rings (SSSR count). The standard InChI is InChI=1S/C26H25NO2/c28-25(27-14-12-20(13-15-27)16-19-6-2-1-3-7-19)17-22-18-29-24-11-10-21-8-4-5-9-23(21)26(22)24/h1-11,18,20H,12-17H2. The van der Waals surface area contributed by atoms with Gasteiger partial charge in [-0.2, -0.15) is 0 Å². The van der Waals surface area contributed by atoms with Gasteiger partial charge in [0.1, 0.15) is 5.58 Å². The number of likely N-dealkylation sites (tertiary alicyclic amines) is 1. The molecule has 3 aromatic carbocycles. The van der Waals surface area contributed by atoms with Crippen molar-refractivity contribution < 1.29 is 9.21 Å². The molecular formula is C26H25NO2. The Bertz CT molecular complexity index is 1140. The first-order valence-electron chi connectivity index (χ1n) is 10.5. The summed E-state index contributed by atoms with van der Waals surface area (Å²) in [6, 6.07) is 23.0. The highest BCUT2D eigenvalue weighted by Crippen LogP contribution is 2.31. The first-order valence-corrected chi connectivity index (χ1v) is 10.5. The van der Waals surface area contributed by atoms with E-state index in [1.165, 1.54) is 10.9 Å². The van der Waals surface area contributed by atoms with Crippen molar-refractivity contribution in [3.63, 3.8) is 0 Å². The summed E-state index contributed by atoms with van der Waals surface area (Å²) in [6.45, 7) is 1.71. The van der Waals surface area contributed by atoms with Crippen LogP contribution in [0.1, 0.15) is 24.0 Å². The first kappa shape index (κ1) is 18.0. The molecule has 1 amide bonds. The van der Waals surface area contributed by atoms with E-state index in [4.69, 9.17) is 4.42 Å². The van der Waals surface area contributed by atoms with Crippen LogP contribution in [-0.2, 0) is 17.6 Å². The number of rotatable bonds is 4. The van der Waals surface area contributed by atoms with Gasteiger partial charge in [0.15, 0.2) is 0 Å². The summed E-state index contributed by atoms with van der Waals surface area (Å²) in [7, 11) is 0. The van der Waals surface area contributed by atoms with Gasteiger partial charge in [-0.15, -0.1) is 0 Å². The number of hydrogen-bond donors (Lipinski definition) is 0.